The van der Waals surface area contributed by atoms with E-state index in [1.165, 1.54) is 0 Å². The van der Waals surface area contributed by atoms with Crippen LogP contribution in [0.5, 0.6) is 0 Å². The van der Waals surface area contributed by atoms with Gasteiger partial charge in [0.1, 0.15) is 0 Å². The fourth-order valence-electron chi connectivity index (χ4n) is 3.56. The Morgan fingerprint density at radius 1 is 1.05 bits per heavy atom. The Labute approximate surface area is 122 Å². The molecule has 0 amide bonds. The van der Waals surface area contributed by atoms with E-state index in [4.69, 9.17) is 15.4 Å². The lowest BCUT2D eigenvalue weighted by molar-refractivity contribution is 0.100. The molecule has 0 aliphatic carbocycles. The Morgan fingerprint density at radius 2 is 1.60 bits per heavy atom. The largest absolute Gasteiger partial charge is 0.371 e. The second-order valence-corrected chi connectivity index (χ2v) is 8.18. The number of rotatable bonds is 2. The first-order valence-corrected chi connectivity index (χ1v) is 8.97. The van der Waals surface area contributed by atoms with Crippen LogP contribution in [0, 0.1) is 11.8 Å². The number of anilines is 1. The third-order valence-corrected chi connectivity index (χ3v) is 5.91. The van der Waals surface area contributed by atoms with Gasteiger partial charge in [0.2, 0.25) is 0 Å². The Kier molecular flexibility index (Phi) is 2.68. The topological polar surface area (TPSA) is 46.6 Å². The van der Waals surface area contributed by atoms with Crippen molar-refractivity contribution in [2.45, 2.75) is 17.1 Å². The van der Waals surface area contributed by atoms with Crippen LogP contribution in [-0.2, 0) is 13.8 Å². The van der Waals surface area contributed by atoms with Crippen LogP contribution in [0.1, 0.15) is 0 Å². The van der Waals surface area contributed by atoms with E-state index in [2.05, 4.69) is 17.1 Å². The van der Waals surface area contributed by atoms with Crippen molar-refractivity contribution in [2.24, 2.45) is 11.8 Å². The monoisotopic (exact) mass is 311 g/mol. The summed E-state index contributed by atoms with van der Waals surface area (Å²) < 4.78 is 28.3. The van der Waals surface area contributed by atoms with E-state index in [0.29, 0.717) is 11.8 Å². The number of benzene rings is 1. The summed E-state index contributed by atoms with van der Waals surface area (Å²) in [5.41, 5.74) is 1.04. The first kappa shape index (κ1) is 12.7. The second kappa shape index (κ2) is 4.23. The molecule has 4 atom stereocenters. The Balaban J connectivity index is 1.56. The van der Waals surface area contributed by atoms with Crippen LogP contribution in [0.2, 0.25) is 0 Å². The average molecular weight is 312 g/mol. The number of hydrogen-bond donors (Lipinski definition) is 0. The molecule has 3 aliphatic heterocycles. The second-order valence-electron chi connectivity index (χ2n) is 5.61. The molecule has 2 fully saturated rings. The molecule has 20 heavy (non-hydrogen) atoms. The first-order chi connectivity index (χ1) is 9.52. The highest BCUT2D eigenvalue weighted by Crippen LogP contribution is 2.44. The molecule has 6 heteroatoms. The normalized spacial score (nSPS) is 34.8. The van der Waals surface area contributed by atoms with E-state index in [9.17, 15) is 8.42 Å². The summed E-state index contributed by atoms with van der Waals surface area (Å²) in [4.78, 5) is 2.45. The molecule has 2 unspecified atom stereocenters. The third-order valence-electron chi connectivity index (χ3n) is 4.54. The van der Waals surface area contributed by atoms with Crippen LogP contribution < -0.4 is 4.90 Å². The summed E-state index contributed by atoms with van der Waals surface area (Å²) in [6.07, 6.45) is 4.85. The van der Waals surface area contributed by atoms with Crippen molar-refractivity contribution in [2.75, 3.05) is 18.0 Å². The maximum Gasteiger partial charge on any atom is 0.261 e. The van der Waals surface area contributed by atoms with Gasteiger partial charge in [-0.2, -0.15) is 0 Å². The highest BCUT2D eigenvalue weighted by Gasteiger charge is 2.50. The van der Waals surface area contributed by atoms with Gasteiger partial charge in [0.05, 0.1) is 17.1 Å². The molecule has 2 bridgehead atoms. The standard InChI is InChI=1S/C14H14ClNO3S/c15-20(17,18)10-3-1-9(2-4-10)16-7-11-12(8-16)14-6-5-13(11)19-14/h1-6,11-14H,7-8H2/t11-,12+,13?,14?. The summed E-state index contributed by atoms with van der Waals surface area (Å²) in [6.45, 7) is 1.92. The van der Waals surface area contributed by atoms with Gasteiger partial charge in [0.25, 0.3) is 9.05 Å². The van der Waals surface area contributed by atoms with Crippen LogP contribution in [0.4, 0.5) is 5.69 Å². The van der Waals surface area contributed by atoms with Crippen LogP contribution in [0.3, 0.4) is 0 Å². The first-order valence-electron chi connectivity index (χ1n) is 6.66. The average Bonchev–Trinajstić information content (AvgIpc) is 3.10. The minimum atomic E-state index is -3.64. The van der Waals surface area contributed by atoms with Crippen molar-refractivity contribution < 1.29 is 13.2 Å². The van der Waals surface area contributed by atoms with Crippen LogP contribution in [-0.4, -0.2) is 33.7 Å². The number of nitrogens with zero attached hydrogens (tertiary/aromatic N) is 1. The van der Waals surface area contributed by atoms with Gasteiger partial charge >= 0.3 is 0 Å². The third kappa shape index (κ3) is 1.88. The zero-order valence-electron chi connectivity index (χ0n) is 10.6. The van der Waals surface area contributed by atoms with Gasteiger partial charge < -0.3 is 9.64 Å². The minimum Gasteiger partial charge on any atom is -0.371 e. The maximum atomic E-state index is 11.2. The van der Waals surface area contributed by atoms with Crippen LogP contribution in [0.25, 0.3) is 0 Å². The lowest BCUT2D eigenvalue weighted by Gasteiger charge is -2.21. The van der Waals surface area contributed by atoms with Crippen molar-refractivity contribution in [1.29, 1.82) is 0 Å². The van der Waals surface area contributed by atoms with E-state index in [0.717, 1.165) is 18.8 Å². The predicted molar refractivity (Wildman–Crippen MR) is 76.5 cm³/mol. The molecule has 4 rings (SSSR count). The predicted octanol–water partition coefficient (Wildman–Crippen LogP) is 2.00. The summed E-state index contributed by atoms with van der Waals surface area (Å²) in [5.74, 6) is 1.11. The van der Waals surface area contributed by atoms with Gasteiger partial charge in [-0.25, -0.2) is 8.42 Å². The molecule has 0 spiro atoms. The van der Waals surface area contributed by atoms with E-state index in [-0.39, 0.29) is 17.1 Å². The van der Waals surface area contributed by atoms with Gasteiger partial charge in [-0.05, 0) is 24.3 Å². The van der Waals surface area contributed by atoms with Gasteiger partial charge in [0.15, 0.2) is 0 Å². The molecule has 3 aliphatic rings. The zero-order valence-corrected chi connectivity index (χ0v) is 12.2. The van der Waals surface area contributed by atoms with E-state index in [1.54, 1.807) is 12.1 Å². The SMILES string of the molecule is O=S(=O)(Cl)c1ccc(N2C[C@@H]3C4C=CC(O4)[C@@H]3C2)cc1. The molecular weight excluding hydrogens is 298 g/mol. The van der Waals surface area contributed by atoms with Crippen LogP contribution >= 0.6 is 10.7 Å². The van der Waals surface area contributed by atoms with Gasteiger partial charge in [-0.1, -0.05) is 12.2 Å². The Bertz CT molecular complexity index is 650. The minimum absolute atomic E-state index is 0.146. The van der Waals surface area contributed by atoms with E-state index >= 15 is 0 Å². The van der Waals surface area contributed by atoms with Crippen molar-refractivity contribution >= 4 is 25.4 Å². The number of fused-ring (bicyclic) bond motifs is 5. The van der Waals surface area contributed by atoms with Crippen molar-refractivity contribution in [3.05, 3.63) is 36.4 Å². The fourth-order valence-corrected chi connectivity index (χ4v) is 4.33. The zero-order chi connectivity index (χ0) is 13.9. The molecule has 106 valence electrons. The molecule has 0 aromatic heterocycles. The lowest BCUT2D eigenvalue weighted by Crippen LogP contribution is -2.24. The van der Waals surface area contributed by atoms with Crippen LogP contribution in [0.15, 0.2) is 41.3 Å². The molecule has 3 heterocycles. The molecular formula is C14H14ClNO3S. The number of ether oxygens (including phenoxy) is 1. The van der Waals surface area contributed by atoms with Gasteiger partial charge in [-0.15, -0.1) is 0 Å². The highest BCUT2D eigenvalue weighted by molar-refractivity contribution is 8.13. The van der Waals surface area contributed by atoms with E-state index < -0.39 is 9.05 Å². The summed E-state index contributed by atoms with van der Waals surface area (Å²) in [5, 5.41) is 0. The number of halogens is 1. The Hall–Kier alpha value is -1.04. The fraction of sp³-hybridized carbons (Fsp3) is 0.429. The summed E-state index contributed by atoms with van der Waals surface area (Å²) in [7, 11) is 1.69. The number of hydrogen-bond acceptors (Lipinski definition) is 4. The van der Waals surface area contributed by atoms with E-state index in [1.807, 2.05) is 12.1 Å². The highest BCUT2D eigenvalue weighted by atomic mass is 35.7. The van der Waals surface area contributed by atoms with Gasteiger partial charge in [-0.3, -0.25) is 0 Å². The summed E-state index contributed by atoms with van der Waals surface area (Å²) in [6, 6.07) is 6.78. The quantitative estimate of drug-likeness (QED) is 0.619. The molecule has 0 N–H and O–H groups in total. The Morgan fingerprint density at radius 3 is 2.10 bits per heavy atom. The maximum absolute atomic E-state index is 11.2. The molecule has 1 aromatic rings. The molecule has 2 saturated heterocycles. The van der Waals surface area contributed by atoms with Crippen molar-refractivity contribution in [1.82, 2.24) is 0 Å². The smallest absolute Gasteiger partial charge is 0.261 e. The lowest BCUT2D eigenvalue weighted by atomic mass is 9.86. The van der Waals surface area contributed by atoms with Gasteiger partial charge in [0, 0.05) is 41.3 Å². The molecule has 4 nitrogen and oxygen atoms in total. The molecule has 0 radical (unpaired) electrons. The summed E-state index contributed by atoms with van der Waals surface area (Å²) >= 11 is 0. The molecule has 1 aromatic carbocycles. The van der Waals surface area contributed by atoms with Crippen molar-refractivity contribution in [3.8, 4) is 0 Å². The molecule has 0 saturated carbocycles. The van der Waals surface area contributed by atoms with Crippen molar-refractivity contribution in [3.63, 3.8) is 0 Å².